The molecule has 1 aliphatic heterocycles. The summed E-state index contributed by atoms with van der Waals surface area (Å²) in [6.45, 7) is 4.25. The molecule has 1 fully saturated rings. The van der Waals surface area contributed by atoms with E-state index in [2.05, 4.69) is 15.3 Å². The van der Waals surface area contributed by atoms with E-state index < -0.39 is 0 Å². The number of imidazole rings is 1. The molecule has 2 N–H and O–H groups in total. The van der Waals surface area contributed by atoms with E-state index in [0.717, 1.165) is 24.6 Å². The first-order chi connectivity index (χ1) is 5.36. The highest BCUT2D eigenvalue weighted by Crippen LogP contribution is 2.18. The molecule has 0 aliphatic carbocycles. The number of rotatable bonds is 1. The van der Waals surface area contributed by atoms with Crippen LogP contribution >= 0.6 is 0 Å². The predicted molar refractivity (Wildman–Crippen MR) is 43.6 cm³/mol. The zero-order valence-electron chi connectivity index (χ0n) is 6.72. The minimum absolute atomic E-state index is 0.615. The van der Waals surface area contributed by atoms with Crippen molar-refractivity contribution in [2.45, 2.75) is 19.3 Å². The summed E-state index contributed by atoms with van der Waals surface area (Å²) in [5, 5.41) is 3.32. The van der Waals surface area contributed by atoms with Gasteiger partial charge in [0.1, 0.15) is 5.82 Å². The smallest absolute Gasteiger partial charge is 0.110 e. The molecule has 0 aromatic carbocycles. The van der Waals surface area contributed by atoms with Crippen molar-refractivity contribution >= 4 is 0 Å². The van der Waals surface area contributed by atoms with Gasteiger partial charge >= 0.3 is 0 Å². The van der Waals surface area contributed by atoms with Gasteiger partial charge in [-0.1, -0.05) is 0 Å². The van der Waals surface area contributed by atoms with Gasteiger partial charge in [0.2, 0.25) is 0 Å². The standard InChI is InChI=1S/C8H13N3/c1-6-4-10-8(11-6)7-2-3-9-5-7/h4,7,9H,2-3,5H2,1H3,(H,10,11)/t7-/m1/s1. The van der Waals surface area contributed by atoms with Gasteiger partial charge in [0.15, 0.2) is 0 Å². The minimum atomic E-state index is 0.615. The van der Waals surface area contributed by atoms with Crippen LogP contribution in [-0.2, 0) is 0 Å². The molecule has 0 unspecified atom stereocenters. The fourth-order valence-electron chi connectivity index (χ4n) is 1.53. The largest absolute Gasteiger partial charge is 0.346 e. The second-order valence-corrected chi connectivity index (χ2v) is 3.14. The highest BCUT2D eigenvalue weighted by molar-refractivity contribution is 5.05. The maximum absolute atomic E-state index is 4.30. The van der Waals surface area contributed by atoms with Crippen LogP contribution in [0.3, 0.4) is 0 Å². The lowest BCUT2D eigenvalue weighted by Crippen LogP contribution is -2.08. The third-order valence-electron chi connectivity index (χ3n) is 2.17. The normalized spacial score (nSPS) is 24.3. The summed E-state index contributed by atoms with van der Waals surface area (Å²) in [6.07, 6.45) is 3.11. The molecule has 1 saturated heterocycles. The number of aryl methyl sites for hydroxylation is 1. The van der Waals surface area contributed by atoms with Gasteiger partial charge < -0.3 is 10.3 Å². The summed E-state index contributed by atoms with van der Waals surface area (Å²) in [7, 11) is 0. The maximum Gasteiger partial charge on any atom is 0.110 e. The van der Waals surface area contributed by atoms with E-state index >= 15 is 0 Å². The van der Waals surface area contributed by atoms with Crippen molar-refractivity contribution in [2.75, 3.05) is 13.1 Å². The number of H-pyrrole nitrogens is 1. The lowest BCUT2D eigenvalue weighted by Gasteiger charge is -2.01. The fraction of sp³-hybridized carbons (Fsp3) is 0.625. The first-order valence-electron chi connectivity index (χ1n) is 4.08. The van der Waals surface area contributed by atoms with Crippen LogP contribution in [-0.4, -0.2) is 23.1 Å². The highest BCUT2D eigenvalue weighted by Gasteiger charge is 2.18. The number of aromatic nitrogens is 2. The lowest BCUT2D eigenvalue weighted by atomic mass is 10.1. The Labute approximate surface area is 66.2 Å². The second-order valence-electron chi connectivity index (χ2n) is 3.14. The molecular weight excluding hydrogens is 138 g/mol. The van der Waals surface area contributed by atoms with Crippen LogP contribution in [0.25, 0.3) is 0 Å². The van der Waals surface area contributed by atoms with Gasteiger partial charge in [-0.15, -0.1) is 0 Å². The summed E-state index contributed by atoms with van der Waals surface area (Å²) in [5.41, 5.74) is 1.16. The Morgan fingerprint density at radius 1 is 1.64 bits per heavy atom. The highest BCUT2D eigenvalue weighted by atomic mass is 15.0. The average Bonchev–Trinajstić information content (AvgIpc) is 2.55. The molecule has 2 rings (SSSR count). The molecule has 0 spiro atoms. The van der Waals surface area contributed by atoms with Crippen LogP contribution in [0.2, 0.25) is 0 Å². The summed E-state index contributed by atoms with van der Waals surface area (Å²) in [5.74, 6) is 1.76. The van der Waals surface area contributed by atoms with Crippen LogP contribution in [0.5, 0.6) is 0 Å². The topological polar surface area (TPSA) is 40.7 Å². The van der Waals surface area contributed by atoms with Gasteiger partial charge in [-0.3, -0.25) is 0 Å². The number of nitrogens with zero attached hydrogens (tertiary/aromatic N) is 1. The van der Waals surface area contributed by atoms with Crippen LogP contribution in [0.4, 0.5) is 0 Å². The molecule has 0 saturated carbocycles. The molecule has 1 aromatic heterocycles. The monoisotopic (exact) mass is 151 g/mol. The average molecular weight is 151 g/mol. The number of aromatic amines is 1. The van der Waals surface area contributed by atoms with Crippen LogP contribution in [0.15, 0.2) is 6.20 Å². The SMILES string of the molecule is Cc1cnc([C@@H]2CCNC2)[nH]1. The van der Waals surface area contributed by atoms with E-state index in [1.165, 1.54) is 6.42 Å². The third-order valence-corrected chi connectivity index (χ3v) is 2.17. The van der Waals surface area contributed by atoms with E-state index in [0.29, 0.717) is 5.92 Å². The van der Waals surface area contributed by atoms with Crippen molar-refractivity contribution in [2.24, 2.45) is 0 Å². The quantitative estimate of drug-likeness (QED) is 0.623. The molecule has 1 aliphatic rings. The second kappa shape index (κ2) is 2.66. The number of hydrogen-bond acceptors (Lipinski definition) is 2. The predicted octanol–water partition coefficient (Wildman–Crippen LogP) is 0.795. The zero-order valence-corrected chi connectivity index (χ0v) is 6.72. The van der Waals surface area contributed by atoms with Crippen LogP contribution < -0.4 is 5.32 Å². The summed E-state index contributed by atoms with van der Waals surface area (Å²) < 4.78 is 0. The minimum Gasteiger partial charge on any atom is -0.346 e. The summed E-state index contributed by atoms with van der Waals surface area (Å²) in [6, 6.07) is 0. The Morgan fingerprint density at radius 2 is 2.55 bits per heavy atom. The maximum atomic E-state index is 4.30. The number of hydrogen-bond donors (Lipinski definition) is 2. The van der Waals surface area contributed by atoms with E-state index in [1.807, 2.05) is 13.1 Å². The summed E-state index contributed by atoms with van der Waals surface area (Å²) >= 11 is 0. The molecule has 1 atom stereocenters. The Hall–Kier alpha value is -0.830. The lowest BCUT2D eigenvalue weighted by molar-refractivity contribution is 0.713. The van der Waals surface area contributed by atoms with E-state index in [4.69, 9.17) is 0 Å². The first kappa shape index (κ1) is 6.85. The van der Waals surface area contributed by atoms with Gasteiger partial charge in [0.25, 0.3) is 0 Å². The Bertz CT molecular complexity index is 235. The Kier molecular flexibility index (Phi) is 1.66. The van der Waals surface area contributed by atoms with Crippen molar-refractivity contribution in [3.05, 3.63) is 17.7 Å². The molecule has 11 heavy (non-hydrogen) atoms. The molecule has 3 heteroatoms. The number of nitrogens with one attached hydrogen (secondary N) is 2. The van der Waals surface area contributed by atoms with E-state index in [-0.39, 0.29) is 0 Å². The molecule has 0 amide bonds. The van der Waals surface area contributed by atoms with Crippen molar-refractivity contribution in [3.8, 4) is 0 Å². The fourth-order valence-corrected chi connectivity index (χ4v) is 1.53. The van der Waals surface area contributed by atoms with Gasteiger partial charge in [-0.05, 0) is 19.9 Å². The zero-order chi connectivity index (χ0) is 7.68. The van der Waals surface area contributed by atoms with Crippen molar-refractivity contribution in [3.63, 3.8) is 0 Å². The molecule has 2 heterocycles. The van der Waals surface area contributed by atoms with Crippen molar-refractivity contribution in [1.29, 1.82) is 0 Å². The van der Waals surface area contributed by atoms with Crippen LogP contribution in [0.1, 0.15) is 23.9 Å². The molecule has 0 bridgehead atoms. The van der Waals surface area contributed by atoms with Gasteiger partial charge in [-0.2, -0.15) is 0 Å². The van der Waals surface area contributed by atoms with Gasteiger partial charge in [0.05, 0.1) is 0 Å². The molecule has 3 nitrogen and oxygen atoms in total. The molecule has 0 radical (unpaired) electrons. The summed E-state index contributed by atoms with van der Waals surface area (Å²) in [4.78, 5) is 7.57. The van der Waals surface area contributed by atoms with Crippen LogP contribution in [0, 0.1) is 6.92 Å². The van der Waals surface area contributed by atoms with Crippen molar-refractivity contribution < 1.29 is 0 Å². The van der Waals surface area contributed by atoms with E-state index in [9.17, 15) is 0 Å². The Balaban J connectivity index is 2.15. The molecular formula is C8H13N3. The molecule has 1 aromatic rings. The van der Waals surface area contributed by atoms with E-state index in [1.54, 1.807) is 0 Å². The molecule has 60 valence electrons. The van der Waals surface area contributed by atoms with Gasteiger partial charge in [0, 0.05) is 24.4 Å². The van der Waals surface area contributed by atoms with Gasteiger partial charge in [-0.25, -0.2) is 4.98 Å². The third kappa shape index (κ3) is 1.28. The first-order valence-corrected chi connectivity index (χ1v) is 4.08. The Morgan fingerprint density at radius 3 is 3.09 bits per heavy atom. The van der Waals surface area contributed by atoms with Crippen molar-refractivity contribution in [1.82, 2.24) is 15.3 Å².